The predicted octanol–water partition coefficient (Wildman–Crippen LogP) is 3.11. The Balaban J connectivity index is 2.22. The van der Waals surface area contributed by atoms with Gasteiger partial charge < -0.3 is 14.4 Å². The Morgan fingerprint density at radius 3 is 2.81 bits per heavy atom. The molecule has 21 heavy (non-hydrogen) atoms. The molecule has 0 aliphatic carbocycles. The van der Waals surface area contributed by atoms with Gasteiger partial charge in [-0.2, -0.15) is 0 Å². The van der Waals surface area contributed by atoms with Crippen molar-refractivity contribution in [2.45, 2.75) is 39.7 Å². The summed E-state index contributed by atoms with van der Waals surface area (Å²) in [7, 11) is 0. The fraction of sp³-hybridized carbons (Fsp3) is 0.500. The number of aromatic carboxylic acids is 1. The molecule has 1 heterocycles. The number of hydrogen-bond donors (Lipinski definition) is 1. The topological polar surface area (TPSA) is 64.4 Å². The first-order valence-corrected chi connectivity index (χ1v) is 7.47. The summed E-state index contributed by atoms with van der Waals surface area (Å²) in [5, 5.41) is 9.12. The minimum Gasteiger partial charge on any atom is -0.478 e. The highest BCUT2D eigenvalue weighted by Crippen LogP contribution is 2.19. The van der Waals surface area contributed by atoms with Gasteiger partial charge in [-0.15, -0.1) is 0 Å². The normalized spacial score (nSPS) is 11.1. The highest BCUT2D eigenvalue weighted by Gasteiger charge is 2.12. The minimum atomic E-state index is -0.908. The molecule has 0 radical (unpaired) electrons. The molecular formula is C16H22N2O3. The maximum Gasteiger partial charge on any atom is 0.335 e. The third-order valence-electron chi connectivity index (χ3n) is 3.41. The Hall–Kier alpha value is -1.88. The van der Waals surface area contributed by atoms with Crippen LogP contribution in [0.5, 0.6) is 0 Å². The zero-order valence-corrected chi connectivity index (χ0v) is 12.6. The van der Waals surface area contributed by atoms with Crippen LogP contribution >= 0.6 is 0 Å². The first-order valence-electron chi connectivity index (χ1n) is 7.47. The van der Waals surface area contributed by atoms with Crippen LogP contribution in [0.25, 0.3) is 11.0 Å². The quantitative estimate of drug-likeness (QED) is 0.759. The molecule has 0 fully saturated rings. The van der Waals surface area contributed by atoms with Gasteiger partial charge in [-0.1, -0.05) is 13.8 Å². The number of carboxylic acids is 1. The molecule has 1 aromatic heterocycles. The van der Waals surface area contributed by atoms with Gasteiger partial charge >= 0.3 is 5.97 Å². The van der Waals surface area contributed by atoms with E-state index in [1.807, 2.05) is 0 Å². The minimum absolute atomic E-state index is 0.300. The average Bonchev–Trinajstić information content (AvgIpc) is 2.84. The Labute approximate surface area is 124 Å². The summed E-state index contributed by atoms with van der Waals surface area (Å²) in [4.78, 5) is 15.7. The first kappa shape index (κ1) is 15.5. The van der Waals surface area contributed by atoms with E-state index in [2.05, 4.69) is 23.4 Å². The number of imidazole rings is 1. The predicted molar refractivity (Wildman–Crippen MR) is 81.8 cm³/mol. The molecule has 1 N–H and O–H groups in total. The lowest BCUT2D eigenvalue weighted by Crippen LogP contribution is -2.07. The van der Waals surface area contributed by atoms with Gasteiger partial charge in [-0.05, 0) is 31.0 Å². The fourth-order valence-electron chi connectivity index (χ4n) is 2.40. The molecule has 0 atom stereocenters. The monoisotopic (exact) mass is 290 g/mol. The number of carboxylic acid groups (broad SMARTS) is 1. The van der Waals surface area contributed by atoms with Crippen molar-refractivity contribution in [3.63, 3.8) is 0 Å². The van der Waals surface area contributed by atoms with Crippen LogP contribution in [0.2, 0.25) is 0 Å². The molecule has 0 aliphatic rings. The van der Waals surface area contributed by atoms with E-state index < -0.39 is 5.97 Å². The highest BCUT2D eigenvalue weighted by atomic mass is 16.5. The lowest BCUT2D eigenvalue weighted by molar-refractivity contribution is 0.0697. The van der Waals surface area contributed by atoms with Crippen molar-refractivity contribution in [3.8, 4) is 0 Å². The first-order chi connectivity index (χ1) is 10.2. The zero-order valence-electron chi connectivity index (χ0n) is 12.6. The number of rotatable bonds is 8. The van der Waals surface area contributed by atoms with Gasteiger partial charge in [-0.25, -0.2) is 9.78 Å². The number of benzene rings is 1. The molecule has 5 nitrogen and oxygen atoms in total. The van der Waals surface area contributed by atoms with E-state index in [-0.39, 0.29) is 0 Å². The van der Waals surface area contributed by atoms with E-state index >= 15 is 0 Å². The molecule has 2 rings (SSSR count). The largest absolute Gasteiger partial charge is 0.478 e. The summed E-state index contributed by atoms with van der Waals surface area (Å²) in [6.45, 7) is 6.45. The van der Waals surface area contributed by atoms with Crippen molar-refractivity contribution in [2.75, 3.05) is 13.2 Å². The molecule has 0 saturated heterocycles. The average molecular weight is 290 g/mol. The summed E-state index contributed by atoms with van der Waals surface area (Å²) < 4.78 is 7.61. The summed E-state index contributed by atoms with van der Waals surface area (Å²) >= 11 is 0. The highest BCUT2D eigenvalue weighted by molar-refractivity contribution is 5.92. The number of nitrogens with zero attached hydrogens (tertiary/aromatic N) is 2. The van der Waals surface area contributed by atoms with Gasteiger partial charge in [0, 0.05) is 26.2 Å². The van der Waals surface area contributed by atoms with Crippen LogP contribution in [0, 0.1) is 0 Å². The second-order valence-electron chi connectivity index (χ2n) is 5.01. The van der Waals surface area contributed by atoms with Crippen LogP contribution < -0.4 is 0 Å². The van der Waals surface area contributed by atoms with Gasteiger partial charge in [0.2, 0.25) is 0 Å². The molecule has 2 aromatic rings. The van der Waals surface area contributed by atoms with E-state index in [4.69, 9.17) is 9.84 Å². The standard InChI is InChI=1S/C16H22N2O3/c1-3-9-21-10-5-8-18-14-11-12(16(19)20)6-7-13(14)17-15(18)4-2/h6-7,11H,3-5,8-10H2,1-2H3,(H,19,20). The number of carbonyl (C=O) groups is 1. The molecule has 0 saturated carbocycles. The van der Waals surface area contributed by atoms with Crippen LogP contribution in [0.15, 0.2) is 18.2 Å². The van der Waals surface area contributed by atoms with Gasteiger partial charge in [-0.3, -0.25) is 0 Å². The van der Waals surface area contributed by atoms with Crippen molar-refractivity contribution >= 4 is 17.0 Å². The Kier molecular flexibility index (Phi) is 5.33. The summed E-state index contributed by atoms with van der Waals surface area (Å²) in [5.74, 6) is 0.0806. The number of aryl methyl sites for hydroxylation is 2. The van der Waals surface area contributed by atoms with Crippen LogP contribution in [0.1, 0.15) is 42.9 Å². The van der Waals surface area contributed by atoms with Crippen LogP contribution in [0.4, 0.5) is 0 Å². The third-order valence-corrected chi connectivity index (χ3v) is 3.41. The van der Waals surface area contributed by atoms with Gasteiger partial charge in [0.25, 0.3) is 0 Å². The lowest BCUT2D eigenvalue weighted by atomic mass is 10.2. The van der Waals surface area contributed by atoms with Gasteiger partial charge in [0.15, 0.2) is 0 Å². The van der Waals surface area contributed by atoms with Gasteiger partial charge in [0.05, 0.1) is 16.6 Å². The Morgan fingerprint density at radius 1 is 1.33 bits per heavy atom. The summed E-state index contributed by atoms with van der Waals surface area (Å²) in [6, 6.07) is 5.09. The molecule has 0 bridgehead atoms. The van der Waals surface area contributed by atoms with E-state index in [1.54, 1.807) is 18.2 Å². The second-order valence-corrected chi connectivity index (χ2v) is 5.01. The fourth-order valence-corrected chi connectivity index (χ4v) is 2.40. The zero-order chi connectivity index (χ0) is 15.2. The molecule has 0 spiro atoms. The lowest BCUT2D eigenvalue weighted by Gasteiger charge is -2.08. The Morgan fingerprint density at radius 2 is 2.14 bits per heavy atom. The molecule has 1 aromatic carbocycles. The number of hydrogen-bond acceptors (Lipinski definition) is 3. The summed E-state index contributed by atoms with van der Waals surface area (Å²) in [5.41, 5.74) is 2.04. The van der Waals surface area contributed by atoms with E-state index in [0.29, 0.717) is 5.56 Å². The van der Waals surface area contributed by atoms with Crippen molar-refractivity contribution in [1.82, 2.24) is 9.55 Å². The molecule has 0 amide bonds. The molecule has 0 aliphatic heterocycles. The molecular weight excluding hydrogens is 268 g/mol. The van der Waals surface area contributed by atoms with Crippen molar-refractivity contribution in [1.29, 1.82) is 0 Å². The maximum atomic E-state index is 11.1. The SMILES string of the molecule is CCCOCCCn1c(CC)nc2ccc(C(=O)O)cc21. The van der Waals surface area contributed by atoms with E-state index in [0.717, 1.165) is 55.9 Å². The van der Waals surface area contributed by atoms with Crippen LogP contribution in [-0.4, -0.2) is 33.8 Å². The molecule has 0 unspecified atom stereocenters. The van der Waals surface area contributed by atoms with E-state index in [1.165, 1.54) is 0 Å². The molecule has 114 valence electrons. The Bertz CT molecular complexity index is 619. The third kappa shape index (κ3) is 3.61. The smallest absolute Gasteiger partial charge is 0.335 e. The maximum absolute atomic E-state index is 11.1. The second kappa shape index (κ2) is 7.22. The number of aromatic nitrogens is 2. The van der Waals surface area contributed by atoms with Crippen molar-refractivity contribution < 1.29 is 14.6 Å². The van der Waals surface area contributed by atoms with Crippen LogP contribution in [-0.2, 0) is 17.7 Å². The number of ether oxygens (including phenoxy) is 1. The molecule has 5 heteroatoms. The van der Waals surface area contributed by atoms with Gasteiger partial charge in [0.1, 0.15) is 5.82 Å². The number of fused-ring (bicyclic) bond motifs is 1. The van der Waals surface area contributed by atoms with Crippen molar-refractivity contribution in [3.05, 3.63) is 29.6 Å². The van der Waals surface area contributed by atoms with E-state index in [9.17, 15) is 4.79 Å². The van der Waals surface area contributed by atoms with Crippen LogP contribution in [0.3, 0.4) is 0 Å². The summed E-state index contributed by atoms with van der Waals surface area (Å²) in [6.07, 6.45) is 2.75. The van der Waals surface area contributed by atoms with Crippen molar-refractivity contribution in [2.24, 2.45) is 0 Å².